The number of hydrogen-bond acceptors (Lipinski definition) is 3. The molecule has 1 heterocycles. The molecule has 4 heteroatoms. The number of aromatic nitrogens is 2. The standard InChI is InChI=1S/C18H15N3O/c1-11-7-13(8-12(2)17(11)22)9-14(10-19)18-20-15-5-3-4-6-16(15)21-18/h3-9,22H,1-2H3,(H,20,21)/b14-9+. The van der Waals surface area contributed by atoms with Crippen LogP contribution in [0.5, 0.6) is 5.75 Å². The van der Waals surface area contributed by atoms with Crippen LogP contribution >= 0.6 is 0 Å². The van der Waals surface area contributed by atoms with Crippen LogP contribution in [0.25, 0.3) is 22.7 Å². The minimum Gasteiger partial charge on any atom is -0.507 e. The molecule has 0 radical (unpaired) electrons. The Morgan fingerprint density at radius 2 is 1.91 bits per heavy atom. The van der Waals surface area contributed by atoms with Crippen molar-refractivity contribution in [2.24, 2.45) is 0 Å². The number of imidazole rings is 1. The maximum absolute atomic E-state index is 9.83. The topological polar surface area (TPSA) is 72.7 Å². The van der Waals surface area contributed by atoms with E-state index < -0.39 is 0 Å². The molecule has 0 aliphatic heterocycles. The van der Waals surface area contributed by atoms with Crippen molar-refractivity contribution < 1.29 is 5.11 Å². The van der Waals surface area contributed by atoms with Crippen LogP contribution in [0.4, 0.5) is 0 Å². The van der Waals surface area contributed by atoms with Crippen LogP contribution in [0, 0.1) is 25.2 Å². The van der Waals surface area contributed by atoms with E-state index in [-0.39, 0.29) is 0 Å². The molecule has 22 heavy (non-hydrogen) atoms. The Bertz CT molecular complexity index is 873. The zero-order chi connectivity index (χ0) is 15.7. The summed E-state index contributed by atoms with van der Waals surface area (Å²) < 4.78 is 0. The second-order valence-electron chi connectivity index (χ2n) is 5.28. The highest BCUT2D eigenvalue weighted by Gasteiger charge is 2.09. The van der Waals surface area contributed by atoms with E-state index in [1.165, 1.54) is 0 Å². The number of H-pyrrole nitrogens is 1. The lowest BCUT2D eigenvalue weighted by atomic mass is 10.0. The number of benzene rings is 2. The highest BCUT2D eigenvalue weighted by molar-refractivity contribution is 5.90. The van der Waals surface area contributed by atoms with Gasteiger partial charge in [-0.05, 0) is 60.9 Å². The summed E-state index contributed by atoms with van der Waals surface area (Å²) >= 11 is 0. The fraction of sp³-hybridized carbons (Fsp3) is 0.111. The third-order valence-electron chi connectivity index (χ3n) is 3.59. The molecule has 0 saturated heterocycles. The zero-order valence-electron chi connectivity index (χ0n) is 12.4. The molecule has 1 aromatic heterocycles. The SMILES string of the molecule is Cc1cc(/C=C(\C#N)c2nc3ccccc3[nH]2)cc(C)c1O. The van der Waals surface area contributed by atoms with E-state index in [4.69, 9.17) is 0 Å². The summed E-state index contributed by atoms with van der Waals surface area (Å²) in [7, 11) is 0. The third kappa shape index (κ3) is 2.45. The number of fused-ring (bicyclic) bond motifs is 1. The molecule has 0 fully saturated rings. The first-order valence-electron chi connectivity index (χ1n) is 6.95. The van der Waals surface area contributed by atoms with Crippen molar-refractivity contribution >= 4 is 22.7 Å². The number of para-hydroxylation sites is 2. The highest BCUT2D eigenvalue weighted by Crippen LogP contribution is 2.25. The summed E-state index contributed by atoms with van der Waals surface area (Å²) in [5.74, 6) is 0.839. The number of aryl methyl sites for hydroxylation is 2. The zero-order valence-corrected chi connectivity index (χ0v) is 12.4. The molecule has 0 atom stereocenters. The maximum atomic E-state index is 9.83. The molecule has 0 bridgehead atoms. The van der Waals surface area contributed by atoms with Gasteiger partial charge in [0.15, 0.2) is 0 Å². The second kappa shape index (κ2) is 5.38. The highest BCUT2D eigenvalue weighted by atomic mass is 16.3. The number of nitrogens with one attached hydrogen (secondary N) is 1. The monoisotopic (exact) mass is 289 g/mol. The molecule has 0 spiro atoms. The Morgan fingerprint density at radius 1 is 1.23 bits per heavy atom. The van der Waals surface area contributed by atoms with Crippen LogP contribution < -0.4 is 0 Å². The number of phenols is 1. The second-order valence-corrected chi connectivity index (χ2v) is 5.28. The Morgan fingerprint density at radius 3 is 2.55 bits per heavy atom. The lowest BCUT2D eigenvalue weighted by Gasteiger charge is -2.05. The summed E-state index contributed by atoms with van der Waals surface area (Å²) in [5, 5.41) is 19.3. The maximum Gasteiger partial charge on any atom is 0.149 e. The molecule has 0 saturated carbocycles. The third-order valence-corrected chi connectivity index (χ3v) is 3.59. The Balaban J connectivity index is 2.09. The number of aromatic amines is 1. The molecule has 3 aromatic rings. The van der Waals surface area contributed by atoms with Gasteiger partial charge in [-0.1, -0.05) is 12.1 Å². The summed E-state index contributed by atoms with van der Waals surface area (Å²) in [6.45, 7) is 3.68. The minimum absolute atomic E-state index is 0.291. The van der Waals surface area contributed by atoms with Crippen molar-refractivity contribution in [3.8, 4) is 11.8 Å². The Kier molecular flexibility index (Phi) is 3.40. The van der Waals surface area contributed by atoms with Gasteiger partial charge in [0.1, 0.15) is 17.6 Å². The number of allylic oxidation sites excluding steroid dienone is 1. The van der Waals surface area contributed by atoms with Crippen LogP contribution in [0.1, 0.15) is 22.5 Å². The number of phenolic OH excluding ortho intramolecular Hbond substituents is 1. The van der Waals surface area contributed by atoms with Gasteiger partial charge >= 0.3 is 0 Å². The number of nitrogens with zero attached hydrogens (tertiary/aromatic N) is 2. The van der Waals surface area contributed by atoms with E-state index in [0.717, 1.165) is 27.7 Å². The van der Waals surface area contributed by atoms with Crippen LogP contribution in [0.2, 0.25) is 0 Å². The average Bonchev–Trinajstić information content (AvgIpc) is 2.93. The lowest BCUT2D eigenvalue weighted by molar-refractivity contribution is 0.467. The van der Waals surface area contributed by atoms with Gasteiger partial charge in [-0.3, -0.25) is 0 Å². The summed E-state index contributed by atoms with van der Waals surface area (Å²) in [6.07, 6.45) is 1.77. The number of rotatable bonds is 2. The van der Waals surface area contributed by atoms with Gasteiger partial charge < -0.3 is 10.1 Å². The van der Waals surface area contributed by atoms with E-state index >= 15 is 0 Å². The first kappa shape index (κ1) is 13.9. The summed E-state index contributed by atoms with van der Waals surface area (Å²) in [5.41, 5.74) is 4.63. The largest absolute Gasteiger partial charge is 0.507 e. The van der Waals surface area contributed by atoms with Crippen LogP contribution in [0.15, 0.2) is 36.4 Å². The lowest BCUT2D eigenvalue weighted by Crippen LogP contribution is -1.87. The molecule has 0 unspecified atom stereocenters. The molecule has 2 aromatic carbocycles. The molecular weight excluding hydrogens is 274 g/mol. The van der Waals surface area contributed by atoms with Gasteiger partial charge in [0, 0.05) is 0 Å². The molecule has 4 nitrogen and oxygen atoms in total. The average molecular weight is 289 g/mol. The molecule has 3 rings (SSSR count). The van der Waals surface area contributed by atoms with Crippen molar-refractivity contribution in [1.82, 2.24) is 9.97 Å². The fourth-order valence-electron chi connectivity index (χ4n) is 2.47. The summed E-state index contributed by atoms with van der Waals surface area (Å²) in [6, 6.07) is 13.5. The minimum atomic E-state index is 0.291. The number of nitriles is 1. The van der Waals surface area contributed by atoms with Crippen molar-refractivity contribution in [3.05, 3.63) is 58.9 Å². The van der Waals surface area contributed by atoms with Gasteiger partial charge in [-0.15, -0.1) is 0 Å². The van der Waals surface area contributed by atoms with E-state index in [1.54, 1.807) is 6.08 Å². The molecule has 108 valence electrons. The van der Waals surface area contributed by atoms with Crippen LogP contribution in [-0.2, 0) is 0 Å². The molecule has 2 N–H and O–H groups in total. The normalized spacial score (nSPS) is 11.6. The van der Waals surface area contributed by atoms with Crippen molar-refractivity contribution in [1.29, 1.82) is 5.26 Å². The molecule has 0 aliphatic carbocycles. The Labute approximate surface area is 128 Å². The first-order valence-corrected chi connectivity index (χ1v) is 6.95. The van der Waals surface area contributed by atoms with E-state index in [1.807, 2.05) is 50.2 Å². The summed E-state index contributed by atoms with van der Waals surface area (Å²) in [4.78, 5) is 7.60. The first-order chi connectivity index (χ1) is 10.6. The van der Waals surface area contributed by atoms with E-state index in [9.17, 15) is 10.4 Å². The number of aromatic hydroxyl groups is 1. The predicted molar refractivity (Wildman–Crippen MR) is 87.2 cm³/mol. The van der Waals surface area contributed by atoms with Gasteiger partial charge in [0.05, 0.1) is 16.6 Å². The van der Waals surface area contributed by atoms with Crippen LogP contribution in [0.3, 0.4) is 0 Å². The Hall–Kier alpha value is -3.06. The van der Waals surface area contributed by atoms with Crippen molar-refractivity contribution in [3.63, 3.8) is 0 Å². The quantitative estimate of drug-likeness (QED) is 0.701. The molecule has 0 aliphatic rings. The van der Waals surface area contributed by atoms with E-state index in [0.29, 0.717) is 17.1 Å². The van der Waals surface area contributed by atoms with Crippen molar-refractivity contribution in [2.45, 2.75) is 13.8 Å². The van der Waals surface area contributed by atoms with E-state index in [2.05, 4.69) is 16.0 Å². The van der Waals surface area contributed by atoms with Gasteiger partial charge in [0.25, 0.3) is 0 Å². The van der Waals surface area contributed by atoms with Crippen LogP contribution in [-0.4, -0.2) is 15.1 Å². The molecular formula is C18H15N3O. The van der Waals surface area contributed by atoms with Gasteiger partial charge in [-0.25, -0.2) is 4.98 Å². The fourth-order valence-corrected chi connectivity index (χ4v) is 2.47. The molecule has 0 amide bonds. The smallest absolute Gasteiger partial charge is 0.149 e. The van der Waals surface area contributed by atoms with Gasteiger partial charge in [0.2, 0.25) is 0 Å². The predicted octanol–water partition coefficient (Wildman–Crippen LogP) is 3.95. The van der Waals surface area contributed by atoms with Gasteiger partial charge in [-0.2, -0.15) is 5.26 Å². The number of hydrogen-bond donors (Lipinski definition) is 2. The van der Waals surface area contributed by atoms with Crippen molar-refractivity contribution in [2.75, 3.05) is 0 Å².